The summed E-state index contributed by atoms with van der Waals surface area (Å²) in [6.07, 6.45) is 2.37. The van der Waals surface area contributed by atoms with Crippen LogP contribution in [0, 0.1) is 6.92 Å². The maximum absolute atomic E-state index is 13.2. The number of sulfonamides is 1. The molecule has 0 radical (unpaired) electrons. The van der Waals surface area contributed by atoms with Gasteiger partial charge in [0.25, 0.3) is 15.6 Å². The average molecular weight is 445 g/mol. The maximum atomic E-state index is 13.2. The fourth-order valence-electron chi connectivity index (χ4n) is 3.61. The Hall–Kier alpha value is -2.49. The predicted molar refractivity (Wildman–Crippen MR) is 120 cm³/mol. The number of aromatic amines is 1. The van der Waals surface area contributed by atoms with Gasteiger partial charge in [0.2, 0.25) is 0 Å². The van der Waals surface area contributed by atoms with Gasteiger partial charge in [-0.15, -0.1) is 11.3 Å². The summed E-state index contributed by atoms with van der Waals surface area (Å²) in [5.74, 6) is 0.869. The molecule has 0 amide bonds. The van der Waals surface area contributed by atoms with Crippen LogP contribution in [0.1, 0.15) is 18.2 Å². The van der Waals surface area contributed by atoms with E-state index in [1.54, 1.807) is 16.6 Å². The summed E-state index contributed by atoms with van der Waals surface area (Å²) < 4.78 is 28.2. The molecule has 7 nitrogen and oxygen atoms in total. The monoisotopic (exact) mass is 444 g/mol. The summed E-state index contributed by atoms with van der Waals surface area (Å²) in [6.45, 7) is 5.81. The Morgan fingerprint density at radius 1 is 1.13 bits per heavy atom. The van der Waals surface area contributed by atoms with Gasteiger partial charge in [-0.1, -0.05) is 13.0 Å². The van der Waals surface area contributed by atoms with E-state index in [1.165, 1.54) is 11.3 Å². The van der Waals surface area contributed by atoms with E-state index in [0.717, 1.165) is 22.0 Å². The molecule has 1 N–H and O–H groups in total. The van der Waals surface area contributed by atoms with Gasteiger partial charge in [-0.3, -0.25) is 4.79 Å². The molecule has 0 spiro atoms. The van der Waals surface area contributed by atoms with Crippen LogP contribution in [0.15, 0.2) is 51.6 Å². The summed E-state index contributed by atoms with van der Waals surface area (Å²) in [7, 11) is -3.56. The van der Waals surface area contributed by atoms with E-state index in [0.29, 0.717) is 42.4 Å². The van der Waals surface area contributed by atoms with E-state index < -0.39 is 10.0 Å². The van der Waals surface area contributed by atoms with E-state index in [1.807, 2.05) is 44.2 Å². The third-order valence-corrected chi connectivity index (χ3v) is 8.83. The Morgan fingerprint density at radius 3 is 2.57 bits per heavy atom. The van der Waals surface area contributed by atoms with Crippen molar-refractivity contribution in [3.63, 3.8) is 0 Å². The van der Waals surface area contributed by atoms with Crippen LogP contribution in [0.2, 0.25) is 0 Å². The van der Waals surface area contributed by atoms with Gasteiger partial charge in [0, 0.05) is 54.1 Å². The number of hydrogen-bond acceptors (Lipinski definition) is 6. The number of anilines is 1. The minimum absolute atomic E-state index is 0.0890. The molecule has 0 aliphatic carbocycles. The first-order valence-corrected chi connectivity index (χ1v) is 12.1. The molecular formula is C21H24N4O3S2. The van der Waals surface area contributed by atoms with Crippen LogP contribution in [0.3, 0.4) is 0 Å². The Labute approximate surface area is 180 Å². The zero-order valence-corrected chi connectivity index (χ0v) is 18.6. The Bertz CT molecular complexity index is 1190. The molecule has 0 unspecified atom stereocenters. The number of hydrogen-bond donors (Lipinski definition) is 1. The summed E-state index contributed by atoms with van der Waals surface area (Å²) >= 11 is 1.25. The molecule has 1 aliphatic rings. The first-order valence-electron chi connectivity index (χ1n) is 9.89. The number of pyridine rings is 2. The molecule has 30 heavy (non-hydrogen) atoms. The predicted octanol–water partition coefficient (Wildman–Crippen LogP) is 2.88. The number of aromatic nitrogens is 2. The standard InChI is InChI=1S/C21H24N4O3S2/c1-3-16-14-17(15(2)23-21(16)26)18-7-8-20(29-18)30(27,28)25-12-10-24(11-13-25)19-6-4-5-9-22-19/h4-9,14H,3,10-13H2,1-2H3,(H,23,26). The number of piperazine rings is 1. The van der Waals surface area contributed by atoms with Gasteiger partial charge in [-0.05, 0) is 43.7 Å². The molecule has 4 rings (SSSR count). The highest BCUT2D eigenvalue weighted by Crippen LogP contribution is 2.34. The van der Waals surface area contributed by atoms with Crippen LogP contribution in [0.5, 0.6) is 0 Å². The minimum atomic E-state index is -3.56. The van der Waals surface area contributed by atoms with Gasteiger partial charge >= 0.3 is 0 Å². The molecule has 1 fully saturated rings. The van der Waals surface area contributed by atoms with Crippen molar-refractivity contribution in [3.05, 3.63) is 64.2 Å². The summed E-state index contributed by atoms with van der Waals surface area (Å²) in [5, 5.41) is 0. The smallest absolute Gasteiger partial charge is 0.252 e. The fraction of sp³-hybridized carbons (Fsp3) is 0.333. The number of nitrogens with zero attached hydrogens (tertiary/aromatic N) is 3. The van der Waals surface area contributed by atoms with Crippen molar-refractivity contribution in [1.29, 1.82) is 0 Å². The molecule has 0 aromatic carbocycles. The molecule has 9 heteroatoms. The van der Waals surface area contributed by atoms with Gasteiger partial charge in [0.15, 0.2) is 0 Å². The average Bonchev–Trinajstić information content (AvgIpc) is 3.25. The lowest BCUT2D eigenvalue weighted by atomic mass is 10.1. The second-order valence-corrected chi connectivity index (χ2v) is 10.5. The van der Waals surface area contributed by atoms with Crippen molar-refractivity contribution in [1.82, 2.24) is 14.3 Å². The van der Waals surface area contributed by atoms with Crippen LogP contribution in [0.4, 0.5) is 5.82 Å². The first-order chi connectivity index (χ1) is 14.4. The maximum Gasteiger partial charge on any atom is 0.252 e. The van der Waals surface area contributed by atoms with Gasteiger partial charge < -0.3 is 9.88 Å². The second kappa shape index (κ2) is 8.33. The summed E-state index contributed by atoms with van der Waals surface area (Å²) in [6, 6.07) is 11.1. The zero-order valence-electron chi connectivity index (χ0n) is 17.0. The van der Waals surface area contributed by atoms with Crippen LogP contribution in [0.25, 0.3) is 10.4 Å². The number of nitrogens with one attached hydrogen (secondary N) is 1. The highest BCUT2D eigenvalue weighted by atomic mass is 32.2. The van der Waals surface area contributed by atoms with Crippen LogP contribution in [-0.2, 0) is 16.4 Å². The number of rotatable bonds is 5. The van der Waals surface area contributed by atoms with E-state index in [4.69, 9.17) is 0 Å². The highest BCUT2D eigenvalue weighted by Gasteiger charge is 2.30. The molecule has 0 bridgehead atoms. The van der Waals surface area contributed by atoms with Crippen molar-refractivity contribution >= 4 is 27.2 Å². The minimum Gasteiger partial charge on any atom is -0.354 e. The molecule has 3 aromatic rings. The molecule has 0 saturated carbocycles. The first kappa shape index (κ1) is 20.8. The number of thiophene rings is 1. The van der Waals surface area contributed by atoms with E-state index in [9.17, 15) is 13.2 Å². The topological polar surface area (TPSA) is 86.4 Å². The summed E-state index contributed by atoms with van der Waals surface area (Å²) in [5.41, 5.74) is 2.22. The number of aryl methyl sites for hydroxylation is 2. The molecule has 4 heterocycles. The molecule has 3 aromatic heterocycles. The molecule has 0 atom stereocenters. The van der Waals surface area contributed by atoms with Gasteiger partial charge in [0.1, 0.15) is 10.0 Å². The Morgan fingerprint density at radius 2 is 1.90 bits per heavy atom. The lowest BCUT2D eigenvalue weighted by Crippen LogP contribution is -2.48. The molecule has 1 aliphatic heterocycles. The van der Waals surface area contributed by atoms with Gasteiger partial charge in [-0.25, -0.2) is 13.4 Å². The van der Waals surface area contributed by atoms with Crippen molar-refractivity contribution in [2.24, 2.45) is 0 Å². The van der Waals surface area contributed by atoms with Crippen LogP contribution in [-0.4, -0.2) is 48.9 Å². The van der Waals surface area contributed by atoms with E-state index >= 15 is 0 Å². The van der Waals surface area contributed by atoms with Crippen molar-refractivity contribution in [3.8, 4) is 10.4 Å². The molecule has 158 valence electrons. The van der Waals surface area contributed by atoms with Gasteiger partial charge in [0.05, 0.1) is 0 Å². The van der Waals surface area contributed by atoms with Crippen LogP contribution >= 0.6 is 11.3 Å². The normalized spacial score (nSPS) is 15.5. The number of H-pyrrole nitrogens is 1. The van der Waals surface area contributed by atoms with Crippen LogP contribution < -0.4 is 10.5 Å². The van der Waals surface area contributed by atoms with E-state index in [2.05, 4.69) is 14.9 Å². The summed E-state index contributed by atoms with van der Waals surface area (Å²) in [4.78, 5) is 22.1. The zero-order chi connectivity index (χ0) is 21.3. The lowest BCUT2D eigenvalue weighted by molar-refractivity contribution is 0.385. The molecule has 1 saturated heterocycles. The molecular weight excluding hydrogens is 420 g/mol. The third-order valence-electron chi connectivity index (χ3n) is 5.35. The third kappa shape index (κ3) is 3.92. The van der Waals surface area contributed by atoms with E-state index in [-0.39, 0.29) is 5.56 Å². The Balaban J connectivity index is 1.54. The lowest BCUT2D eigenvalue weighted by Gasteiger charge is -2.34. The van der Waals surface area contributed by atoms with Crippen molar-refractivity contribution in [2.75, 3.05) is 31.1 Å². The fourth-order valence-corrected chi connectivity index (χ4v) is 6.57. The van der Waals surface area contributed by atoms with Crippen molar-refractivity contribution < 1.29 is 8.42 Å². The van der Waals surface area contributed by atoms with Gasteiger partial charge in [-0.2, -0.15) is 4.31 Å². The second-order valence-electron chi connectivity index (χ2n) is 7.21. The quantitative estimate of drug-likeness (QED) is 0.654. The Kier molecular flexibility index (Phi) is 5.77. The SMILES string of the molecule is CCc1cc(-c2ccc(S(=O)(=O)N3CCN(c4ccccn4)CC3)s2)c(C)[nH]c1=O. The highest BCUT2D eigenvalue weighted by molar-refractivity contribution is 7.91. The van der Waals surface area contributed by atoms with Crippen molar-refractivity contribution in [2.45, 2.75) is 24.5 Å². The largest absolute Gasteiger partial charge is 0.354 e.